The summed E-state index contributed by atoms with van der Waals surface area (Å²) in [4.78, 5) is 6.57. The van der Waals surface area contributed by atoms with Crippen LogP contribution in [0.5, 0.6) is 0 Å². The highest BCUT2D eigenvalue weighted by molar-refractivity contribution is 5.30. The number of nitriles is 1. The summed E-state index contributed by atoms with van der Waals surface area (Å²) >= 11 is 0. The van der Waals surface area contributed by atoms with Crippen molar-refractivity contribution in [3.05, 3.63) is 29.6 Å². The summed E-state index contributed by atoms with van der Waals surface area (Å²) in [5.41, 5.74) is 1.62. The summed E-state index contributed by atoms with van der Waals surface area (Å²) in [5.74, 6) is 0.808. The molecule has 4 nitrogen and oxygen atoms in total. The standard InChI is InChI=1S/C16H24N4/c1-2-7-18-12-14-5-9-20(10-6-14)13-15-4-3-8-19-16(15)11-17/h3-4,8,14,18H,2,5-7,9-10,12-13H2,1H3. The fraction of sp³-hybridized carbons (Fsp3) is 0.625. The Morgan fingerprint density at radius 2 is 2.25 bits per heavy atom. The van der Waals surface area contributed by atoms with Crippen LogP contribution in [0.15, 0.2) is 18.3 Å². The molecule has 20 heavy (non-hydrogen) atoms. The molecule has 1 aromatic rings. The van der Waals surface area contributed by atoms with E-state index >= 15 is 0 Å². The van der Waals surface area contributed by atoms with Crippen molar-refractivity contribution in [2.45, 2.75) is 32.7 Å². The zero-order chi connectivity index (χ0) is 14.2. The number of aromatic nitrogens is 1. The van der Waals surface area contributed by atoms with Gasteiger partial charge in [0, 0.05) is 18.3 Å². The van der Waals surface area contributed by atoms with Crippen LogP contribution in [-0.2, 0) is 6.54 Å². The zero-order valence-electron chi connectivity index (χ0n) is 12.3. The molecule has 0 unspecified atom stereocenters. The van der Waals surface area contributed by atoms with Gasteiger partial charge in [-0.25, -0.2) is 4.98 Å². The zero-order valence-corrected chi connectivity index (χ0v) is 12.3. The van der Waals surface area contributed by atoms with Gasteiger partial charge in [-0.3, -0.25) is 4.90 Å². The van der Waals surface area contributed by atoms with E-state index in [9.17, 15) is 0 Å². The second-order valence-electron chi connectivity index (χ2n) is 5.55. The fourth-order valence-corrected chi connectivity index (χ4v) is 2.74. The number of nitrogens with one attached hydrogen (secondary N) is 1. The Kier molecular flexibility index (Phi) is 5.97. The normalized spacial score (nSPS) is 17.0. The molecule has 0 radical (unpaired) electrons. The van der Waals surface area contributed by atoms with E-state index in [4.69, 9.17) is 5.26 Å². The maximum absolute atomic E-state index is 9.07. The SMILES string of the molecule is CCCNCC1CCN(Cc2cccnc2C#N)CC1. The van der Waals surface area contributed by atoms with Gasteiger partial charge >= 0.3 is 0 Å². The Hall–Kier alpha value is -1.44. The first kappa shape index (κ1) is 15.0. The van der Waals surface area contributed by atoms with Gasteiger partial charge in [-0.05, 0) is 57.4 Å². The highest BCUT2D eigenvalue weighted by atomic mass is 15.1. The van der Waals surface area contributed by atoms with Gasteiger partial charge in [0.2, 0.25) is 0 Å². The average molecular weight is 272 g/mol. The molecule has 0 spiro atoms. The predicted molar refractivity (Wildman–Crippen MR) is 80.1 cm³/mol. The van der Waals surface area contributed by atoms with Crippen molar-refractivity contribution in [1.29, 1.82) is 5.26 Å². The lowest BCUT2D eigenvalue weighted by Crippen LogP contribution is -2.37. The predicted octanol–water partition coefficient (Wildman–Crippen LogP) is 2.16. The van der Waals surface area contributed by atoms with E-state index in [1.165, 1.54) is 19.3 Å². The number of pyridine rings is 1. The third-order valence-electron chi connectivity index (χ3n) is 3.96. The smallest absolute Gasteiger partial charge is 0.144 e. The van der Waals surface area contributed by atoms with Crippen molar-refractivity contribution in [2.24, 2.45) is 5.92 Å². The van der Waals surface area contributed by atoms with Crippen molar-refractivity contribution >= 4 is 0 Å². The largest absolute Gasteiger partial charge is 0.316 e. The lowest BCUT2D eigenvalue weighted by Gasteiger charge is -2.32. The van der Waals surface area contributed by atoms with Crippen molar-refractivity contribution in [3.63, 3.8) is 0 Å². The van der Waals surface area contributed by atoms with Gasteiger partial charge in [0.15, 0.2) is 0 Å². The minimum atomic E-state index is 0.569. The van der Waals surface area contributed by atoms with Gasteiger partial charge in [-0.2, -0.15) is 5.26 Å². The highest BCUT2D eigenvalue weighted by Gasteiger charge is 2.19. The molecule has 0 bridgehead atoms. The van der Waals surface area contributed by atoms with Gasteiger partial charge in [-0.15, -0.1) is 0 Å². The van der Waals surface area contributed by atoms with Crippen LogP contribution in [0.3, 0.4) is 0 Å². The Labute approximate surface area is 121 Å². The number of likely N-dealkylation sites (tertiary alicyclic amines) is 1. The monoisotopic (exact) mass is 272 g/mol. The molecule has 0 aliphatic carbocycles. The van der Waals surface area contributed by atoms with E-state index in [-0.39, 0.29) is 0 Å². The molecule has 1 N–H and O–H groups in total. The van der Waals surface area contributed by atoms with E-state index in [2.05, 4.69) is 28.2 Å². The maximum atomic E-state index is 9.07. The number of nitrogens with zero attached hydrogens (tertiary/aromatic N) is 3. The number of rotatable bonds is 6. The summed E-state index contributed by atoms with van der Waals surface area (Å²) in [6.07, 6.45) is 5.39. The summed E-state index contributed by atoms with van der Waals surface area (Å²) in [6, 6.07) is 6.11. The van der Waals surface area contributed by atoms with Crippen LogP contribution >= 0.6 is 0 Å². The van der Waals surface area contributed by atoms with Gasteiger partial charge in [0.25, 0.3) is 0 Å². The quantitative estimate of drug-likeness (QED) is 0.806. The summed E-state index contributed by atoms with van der Waals surface area (Å²) in [7, 11) is 0. The Morgan fingerprint density at radius 1 is 1.45 bits per heavy atom. The molecular formula is C16H24N4. The molecule has 4 heteroatoms. The molecular weight excluding hydrogens is 248 g/mol. The first-order valence-corrected chi connectivity index (χ1v) is 7.60. The average Bonchev–Trinajstić information content (AvgIpc) is 2.50. The second-order valence-corrected chi connectivity index (χ2v) is 5.55. The van der Waals surface area contributed by atoms with Gasteiger partial charge in [-0.1, -0.05) is 13.0 Å². The van der Waals surface area contributed by atoms with Crippen LogP contribution in [0, 0.1) is 17.2 Å². The molecule has 1 aromatic heterocycles. The molecule has 1 fully saturated rings. The molecule has 108 valence electrons. The molecule has 0 aromatic carbocycles. The van der Waals surface area contributed by atoms with E-state index in [1.54, 1.807) is 6.20 Å². The van der Waals surface area contributed by atoms with E-state index < -0.39 is 0 Å². The summed E-state index contributed by atoms with van der Waals surface area (Å²) < 4.78 is 0. The Bertz CT molecular complexity index is 444. The van der Waals surface area contributed by atoms with E-state index in [1.807, 2.05) is 12.1 Å². The number of piperidine rings is 1. The maximum Gasteiger partial charge on any atom is 0.144 e. The van der Waals surface area contributed by atoms with Crippen LogP contribution in [0.4, 0.5) is 0 Å². The lowest BCUT2D eigenvalue weighted by atomic mass is 9.96. The molecule has 0 amide bonds. The van der Waals surface area contributed by atoms with Crippen LogP contribution < -0.4 is 5.32 Å². The number of hydrogen-bond donors (Lipinski definition) is 1. The van der Waals surface area contributed by atoms with Gasteiger partial charge < -0.3 is 5.32 Å². The molecule has 0 atom stereocenters. The lowest BCUT2D eigenvalue weighted by molar-refractivity contribution is 0.175. The van der Waals surface area contributed by atoms with E-state index in [0.717, 1.165) is 44.2 Å². The molecule has 0 saturated carbocycles. The van der Waals surface area contributed by atoms with Crippen LogP contribution in [0.25, 0.3) is 0 Å². The van der Waals surface area contributed by atoms with Crippen LogP contribution in [0.2, 0.25) is 0 Å². The second kappa shape index (κ2) is 7.98. The van der Waals surface area contributed by atoms with Gasteiger partial charge in [0.1, 0.15) is 11.8 Å². The van der Waals surface area contributed by atoms with Crippen molar-refractivity contribution in [1.82, 2.24) is 15.2 Å². The number of hydrogen-bond acceptors (Lipinski definition) is 4. The summed E-state index contributed by atoms with van der Waals surface area (Å²) in [5, 5.41) is 12.6. The van der Waals surface area contributed by atoms with Crippen LogP contribution in [-0.4, -0.2) is 36.1 Å². The molecule has 2 heterocycles. The Balaban J connectivity index is 1.78. The van der Waals surface area contributed by atoms with E-state index in [0.29, 0.717) is 5.69 Å². The van der Waals surface area contributed by atoms with Crippen molar-refractivity contribution in [3.8, 4) is 6.07 Å². The van der Waals surface area contributed by atoms with Crippen molar-refractivity contribution < 1.29 is 0 Å². The molecule has 2 rings (SSSR count). The first-order chi connectivity index (χ1) is 9.83. The third kappa shape index (κ3) is 4.29. The molecule has 1 saturated heterocycles. The highest BCUT2D eigenvalue weighted by Crippen LogP contribution is 2.19. The summed E-state index contributed by atoms with van der Waals surface area (Å²) in [6.45, 7) is 7.58. The van der Waals surface area contributed by atoms with Crippen LogP contribution in [0.1, 0.15) is 37.4 Å². The third-order valence-corrected chi connectivity index (χ3v) is 3.96. The minimum absolute atomic E-state index is 0.569. The minimum Gasteiger partial charge on any atom is -0.316 e. The topological polar surface area (TPSA) is 52.0 Å². The van der Waals surface area contributed by atoms with Crippen molar-refractivity contribution in [2.75, 3.05) is 26.2 Å². The molecule has 1 aliphatic rings. The first-order valence-electron chi connectivity index (χ1n) is 7.60. The molecule has 1 aliphatic heterocycles. The fourth-order valence-electron chi connectivity index (χ4n) is 2.74. The Morgan fingerprint density at radius 3 is 2.95 bits per heavy atom. The van der Waals surface area contributed by atoms with Gasteiger partial charge in [0.05, 0.1) is 0 Å².